The average molecular weight is 333 g/mol. The van der Waals surface area contributed by atoms with Crippen molar-refractivity contribution in [1.82, 2.24) is 10.3 Å². The summed E-state index contributed by atoms with van der Waals surface area (Å²) in [6.45, 7) is 5.82. The van der Waals surface area contributed by atoms with Crippen molar-refractivity contribution in [1.29, 1.82) is 0 Å². The van der Waals surface area contributed by atoms with E-state index in [0.717, 1.165) is 51.3 Å². The van der Waals surface area contributed by atoms with E-state index in [0.29, 0.717) is 0 Å². The second-order valence-corrected chi connectivity index (χ2v) is 6.61. The van der Waals surface area contributed by atoms with Gasteiger partial charge in [0.15, 0.2) is 0 Å². The fourth-order valence-corrected chi connectivity index (χ4v) is 3.14. The number of nitrogens with zero attached hydrogens (tertiary/aromatic N) is 1. The Labute approximate surface area is 145 Å². The van der Waals surface area contributed by atoms with Crippen LogP contribution in [0.4, 0.5) is 0 Å². The Morgan fingerprint density at radius 3 is 2.54 bits per heavy atom. The van der Waals surface area contributed by atoms with Crippen LogP contribution in [0.1, 0.15) is 51.0 Å². The van der Waals surface area contributed by atoms with Crippen LogP contribution in [0.2, 0.25) is 0 Å². The second kappa shape index (κ2) is 10.3. The van der Waals surface area contributed by atoms with Gasteiger partial charge in [-0.15, -0.1) is 0 Å². The molecule has 1 aromatic rings. The van der Waals surface area contributed by atoms with Crippen molar-refractivity contribution < 1.29 is 9.53 Å². The molecule has 1 aliphatic rings. The van der Waals surface area contributed by atoms with Crippen LogP contribution >= 0.6 is 0 Å². The zero-order valence-corrected chi connectivity index (χ0v) is 14.8. The first-order chi connectivity index (χ1) is 11.7. The first-order valence-corrected chi connectivity index (χ1v) is 9.17. The predicted molar refractivity (Wildman–Crippen MR) is 96.4 cm³/mol. The molecule has 1 aliphatic heterocycles. The van der Waals surface area contributed by atoms with Gasteiger partial charge < -0.3 is 4.74 Å². The fourth-order valence-electron chi connectivity index (χ4n) is 3.14. The normalized spacial score (nSPS) is 16.1. The Morgan fingerprint density at radius 2 is 1.92 bits per heavy atom. The third kappa shape index (κ3) is 6.13. The molecule has 0 radical (unpaired) electrons. The second-order valence-electron chi connectivity index (χ2n) is 6.61. The Bertz CT molecular complexity index is 482. The zero-order valence-electron chi connectivity index (χ0n) is 14.8. The number of nitrogens with two attached hydrogens (primary N) is 1. The molecule has 134 valence electrons. The number of hydrogen-bond donors (Lipinski definition) is 2. The van der Waals surface area contributed by atoms with E-state index < -0.39 is 0 Å². The number of likely N-dealkylation sites (tertiary alicyclic amines) is 1. The van der Waals surface area contributed by atoms with Gasteiger partial charge in [0.05, 0.1) is 6.61 Å². The molecule has 1 heterocycles. The van der Waals surface area contributed by atoms with Gasteiger partial charge in [-0.2, -0.15) is 0 Å². The van der Waals surface area contributed by atoms with Crippen molar-refractivity contribution in [3.8, 4) is 5.75 Å². The first kappa shape index (κ1) is 18.7. The molecular formula is C19H31N3O2. The molecule has 0 aliphatic carbocycles. The minimum absolute atomic E-state index is 0.0323. The van der Waals surface area contributed by atoms with Crippen molar-refractivity contribution >= 4 is 5.91 Å². The molecule has 0 spiro atoms. The molecule has 3 N–H and O–H groups in total. The van der Waals surface area contributed by atoms with E-state index in [1.807, 2.05) is 0 Å². The Balaban J connectivity index is 1.69. The van der Waals surface area contributed by atoms with E-state index in [2.05, 4.69) is 41.5 Å². The third-order valence-electron chi connectivity index (χ3n) is 4.70. The Kier molecular flexibility index (Phi) is 8.05. The molecule has 1 saturated heterocycles. The van der Waals surface area contributed by atoms with Crippen LogP contribution in [0.25, 0.3) is 0 Å². The maximum atomic E-state index is 11.5. The maximum absolute atomic E-state index is 11.5. The molecule has 0 aromatic heterocycles. The van der Waals surface area contributed by atoms with Crippen LogP contribution in [0.5, 0.6) is 5.75 Å². The van der Waals surface area contributed by atoms with Gasteiger partial charge in [0.1, 0.15) is 5.75 Å². The minimum atomic E-state index is -0.0323. The van der Waals surface area contributed by atoms with E-state index >= 15 is 0 Å². The predicted octanol–water partition coefficient (Wildman–Crippen LogP) is 2.85. The van der Waals surface area contributed by atoms with Crippen molar-refractivity contribution in [3.05, 3.63) is 29.8 Å². The van der Waals surface area contributed by atoms with E-state index in [4.69, 9.17) is 10.6 Å². The molecule has 2 rings (SSSR count). The topological polar surface area (TPSA) is 67.6 Å². The summed E-state index contributed by atoms with van der Waals surface area (Å²) in [6.07, 6.45) is 6.66. The van der Waals surface area contributed by atoms with Crippen LogP contribution in [-0.2, 0) is 11.3 Å². The summed E-state index contributed by atoms with van der Waals surface area (Å²) in [7, 11) is 0. The summed E-state index contributed by atoms with van der Waals surface area (Å²) in [5, 5.41) is 0. The van der Waals surface area contributed by atoms with Crippen LogP contribution < -0.4 is 16.0 Å². The number of carbonyl (C=O) groups excluding carboxylic acids is 1. The number of hydrogen-bond acceptors (Lipinski definition) is 4. The van der Waals surface area contributed by atoms with E-state index in [1.165, 1.54) is 24.8 Å². The summed E-state index contributed by atoms with van der Waals surface area (Å²) in [5.74, 6) is 6.19. The summed E-state index contributed by atoms with van der Waals surface area (Å²) in [5.41, 5.74) is 3.55. The molecule has 0 atom stereocenters. The van der Waals surface area contributed by atoms with Gasteiger partial charge >= 0.3 is 0 Å². The standard InChI is InChI=1S/C19H31N3O2/c1-2-3-4-5-14-24-18-8-6-16(7-9-18)15-22-12-10-17(11-13-22)19(23)21-20/h6-9,17H,2-5,10-15,20H2,1H3,(H,21,23). The highest BCUT2D eigenvalue weighted by Crippen LogP contribution is 2.20. The number of benzene rings is 1. The lowest BCUT2D eigenvalue weighted by Gasteiger charge is -2.30. The summed E-state index contributed by atoms with van der Waals surface area (Å²) in [4.78, 5) is 13.9. The smallest absolute Gasteiger partial charge is 0.237 e. The van der Waals surface area contributed by atoms with Gasteiger partial charge in [-0.05, 0) is 50.0 Å². The zero-order chi connectivity index (χ0) is 17.2. The Morgan fingerprint density at radius 1 is 1.21 bits per heavy atom. The highest BCUT2D eigenvalue weighted by atomic mass is 16.5. The minimum Gasteiger partial charge on any atom is -0.494 e. The summed E-state index contributed by atoms with van der Waals surface area (Å²) in [6, 6.07) is 8.40. The highest BCUT2D eigenvalue weighted by molar-refractivity contribution is 5.78. The maximum Gasteiger partial charge on any atom is 0.237 e. The highest BCUT2D eigenvalue weighted by Gasteiger charge is 2.24. The largest absolute Gasteiger partial charge is 0.494 e. The summed E-state index contributed by atoms with van der Waals surface area (Å²) >= 11 is 0. The lowest BCUT2D eigenvalue weighted by molar-refractivity contribution is -0.126. The third-order valence-corrected chi connectivity index (χ3v) is 4.70. The monoisotopic (exact) mass is 333 g/mol. The molecule has 5 nitrogen and oxygen atoms in total. The first-order valence-electron chi connectivity index (χ1n) is 9.17. The fraction of sp³-hybridized carbons (Fsp3) is 0.632. The molecular weight excluding hydrogens is 302 g/mol. The summed E-state index contributed by atoms with van der Waals surface area (Å²) < 4.78 is 5.78. The molecule has 5 heteroatoms. The molecule has 1 fully saturated rings. The van der Waals surface area contributed by atoms with Crippen LogP contribution in [0, 0.1) is 5.92 Å². The van der Waals surface area contributed by atoms with Crippen LogP contribution in [-0.4, -0.2) is 30.5 Å². The number of nitrogens with one attached hydrogen (secondary N) is 1. The van der Waals surface area contributed by atoms with Crippen LogP contribution in [0.3, 0.4) is 0 Å². The number of rotatable bonds is 9. The molecule has 24 heavy (non-hydrogen) atoms. The Hall–Kier alpha value is -1.59. The van der Waals surface area contributed by atoms with Crippen molar-refractivity contribution in [2.75, 3.05) is 19.7 Å². The van der Waals surface area contributed by atoms with Crippen molar-refractivity contribution in [3.63, 3.8) is 0 Å². The quantitative estimate of drug-likeness (QED) is 0.316. The van der Waals surface area contributed by atoms with E-state index in [9.17, 15) is 4.79 Å². The van der Waals surface area contributed by atoms with Crippen LogP contribution in [0.15, 0.2) is 24.3 Å². The molecule has 0 unspecified atom stereocenters. The molecule has 0 bridgehead atoms. The van der Waals surface area contributed by atoms with Gasteiger partial charge in [0.2, 0.25) is 5.91 Å². The van der Waals surface area contributed by atoms with Gasteiger partial charge in [-0.3, -0.25) is 15.1 Å². The van der Waals surface area contributed by atoms with Crippen molar-refractivity contribution in [2.24, 2.45) is 11.8 Å². The number of hydrazine groups is 1. The van der Waals surface area contributed by atoms with Crippen molar-refractivity contribution in [2.45, 2.75) is 52.0 Å². The molecule has 1 aromatic carbocycles. The number of piperidine rings is 1. The number of ether oxygens (including phenoxy) is 1. The van der Waals surface area contributed by atoms with Gasteiger partial charge in [-0.25, -0.2) is 5.84 Å². The molecule has 0 saturated carbocycles. The number of amides is 1. The van der Waals surface area contributed by atoms with Gasteiger partial charge in [-0.1, -0.05) is 38.3 Å². The average Bonchev–Trinajstić information content (AvgIpc) is 2.63. The SMILES string of the molecule is CCCCCCOc1ccc(CN2CCC(C(=O)NN)CC2)cc1. The van der Waals surface area contributed by atoms with Gasteiger partial charge in [0, 0.05) is 12.5 Å². The van der Waals surface area contributed by atoms with Gasteiger partial charge in [0.25, 0.3) is 0 Å². The lowest BCUT2D eigenvalue weighted by atomic mass is 9.96. The lowest BCUT2D eigenvalue weighted by Crippen LogP contribution is -2.42. The number of unbranched alkanes of at least 4 members (excludes halogenated alkanes) is 3. The number of carbonyl (C=O) groups is 1. The van der Waals surface area contributed by atoms with E-state index in [-0.39, 0.29) is 11.8 Å². The molecule has 1 amide bonds. The van der Waals surface area contributed by atoms with E-state index in [1.54, 1.807) is 0 Å².